The van der Waals surface area contributed by atoms with Crippen LogP contribution in [0.2, 0.25) is 5.02 Å². The molecular weight excluding hydrogens is 306 g/mol. The zero-order valence-electron chi connectivity index (χ0n) is 11.9. The number of hydrogen-bond acceptors (Lipinski definition) is 5. The number of benzene rings is 1. The molecule has 0 spiro atoms. The highest BCUT2D eigenvalue weighted by Crippen LogP contribution is 2.23. The van der Waals surface area contributed by atoms with E-state index >= 15 is 0 Å². The number of likely N-dealkylation sites (tertiary alicyclic amines) is 1. The van der Waals surface area contributed by atoms with Crippen LogP contribution in [0.25, 0.3) is 11.5 Å². The summed E-state index contributed by atoms with van der Waals surface area (Å²) >= 11 is 5.95. The number of carboxylic acid groups (broad SMARTS) is 1. The molecule has 7 heteroatoms. The SMILES string of the molecule is O=C(O)C1CCCN(Cc2nnc(-c3cccc(Cl)c3)o2)C1. The molecule has 0 radical (unpaired) electrons. The van der Waals surface area contributed by atoms with Gasteiger partial charge in [0.25, 0.3) is 0 Å². The number of piperidine rings is 1. The molecule has 116 valence electrons. The summed E-state index contributed by atoms with van der Waals surface area (Å²) in [6.45, 7) is 1.83. The van der Waals surface area contributed by atoms with Crippen molar-refractivity contribution in [2.24, 2.45) is 5.92 Å². The van der Waals surface area contributed by atoms with E-state index in [-0.39, 0.29) is 5.92 Å². The minimum atomic E-state index is -0.741. The Bertz CT molecular complexity index is 674. The van der Waals surface area contributed by atoms with Gasteiger partial charge < -0.3 is 9.52 Å². The first-order valence-electron chi connectivity index (χ1n) is 7.15. The van der Waals surface area contributed by atoms with E-state index in [1.165, 1.54) is 0 Å². The fourth-order valence-electron chi connectivity index (χ4n) is 2.65. The van der Waals surface area contributed by atoms with E-state index in [2.05, 4.69) is 10.2 Å². The maximum absolute atomic E-state index is 11.1. The van der Waals surface area contributed by atoms with Gasteiger partial charge in [0.1, 0.15) is 0 Å². The van der Waals surface area contributed by atoms with Crippen LogP contribution in [0, 0.1) is 5.92 Å². The maximum Gasteiger partial charge on any atom is 0.307 e. The standard InChI is InChI=1S/C15H16ClN3O3/c16-12-5-1-3-10(7-12)14-18-17-13(22-14)9-19-6-2-4-11(8-19)15(20)21/h1,3,5,7,11H,2,4,6,8-9H2,(H,20,21). The fraction of sp³-hybridized carbons (Fsp3) is 0.400. The van der Waals surface area contributed by atoms with Crippen molar-refractivity contribution < 1.29 is 14.3 Å². The average molecular weight is 322 g/mol. The molecule has 1 aliphatic rings. The number of carboxylic acids is 1. The van der Waals surface area contributed by atoms with E-state index in [4.69, 9.17) is 21.1 Å². The summed E-state index contributed by atoms with van der Waals surface area (Å²) in [6.07, 6.45) is 1.59. The molecule has 0 bridgehead atoms. The molecule has 1 fully saturated rings. The third kappa shape index (κ3) is 3.45. The van der Waals surface area contributed by atoms with Crippen LogP contribution in [0.3, 0.4) is 0 Å². The van der Waals surface area contributed by atoms with Gasteiger partial charge in [0.05, 0.1) is 12.5 Å². The number of carbonyl (C=O) groups is 1. The summed E-state index contributed by atoms with van der Waals surface area (Å²) in [4.78, 5) is 13.1. The molecule has 2 heterocycles. The molecule has 1 N–H and O–H groups in total. The monoisotopic (exact) mass is 321 g/mol. The molecule has 1 atom stereocenters. The Balaban J connectivity index is 1.68. The van der Waals surface area contributed by atoms with Gasteiger partial charge in [-0.15, -0.1) is 10.2 Å². The number of aromatic nitrogens is 2. The van der Waals surface area contributed by atoms with Crippen LogP contribution >= 0.6 is 11.6 Å². The third-order valence-corrected chi connectivity index (χ3v) is 3.99. The Morgan fingerprint density at radius 3 is 3.09 bits per heavy atom. The van der Waals surface area contributed by atoms with Crippen LogP contribution < -0.4 is 0 Å². The summed E-state index contributed by atoms with van der Waals surface area (Å²) in [5.74, 6) is -0.149. The van der Waals surface area contributed by atoms with Gasteiger partial charge in [-0.3, -0.25) is 9.69 Å². The molecule has 1 aliphatic heterocycles. The molecule has 2 aromatic rings. The topological polar surface area (TPSA) is 79.5 Å². The lowest BCUT2D eigenvalue weighted by Gasteiger charge is -2.29. The molecule has 1 saturated heterocycles. The molecule has 1 aromatic heterocycles. The Hall–Kier alpha value is -1.92. The Morgan fingerprint density at radius 1 is 1.45 bits per heavy atom. The molecule has 6 nitrogen and oxygen atoms in total. The van der Waals surface area contributed by atoms with Crippen molar-refractivity contribution in [3.8, 4) is 11.5 Å². The van der Waals surface area contributed by atoms with Crippen molar-refractivity contribution in [1.82, 2.24) is 15.1 Å². The van der Waals surface area contributed by atoms with Crippen LogP contribution in [0.5, 0.6) is 0 Å². The second-order valence-corrected chi connectivity index (χ2v) is 5.86. The zero-order valence-corrected chi connectivity index (χ0v) is 12.7. The molecule has 1 aromatic carbocycles. The lowest BCUT2D eigenvalue weighted by molar-refractivity contribution is -0.143. The van der Waals surface area contributed by atoms with Crippen molar-refractivity contribution in [2.75, 3.05) is 13.1 Å². The van der Waals surface area contributed by atoms with Crippen LogP contribution in [0.4, 0.5) is 0 Å². The lowest BCUT2D eigenvalue weighted by atomic mass is 9.98. The predicted octanol–water partition coefficient (Wildman–Crippen LogP) is 2.69. The number of rotatable bonds is 4. The van der Waals surface area contributed by atoms with Crippen LogP contribution in [-0.2, 0) is 11.3 Å². The van der Waals surface area contributed by atoms with E-state index in [0.29, 0.717) is 29.9 Å². The van der Waals surface area contributed by atoms with Gasteiger partial charge in [0.2, 0.25) is 11.8 Å². The molecule has 3 rings (SSSR count). The minimum Gasteiger partial charge on any atom is -0.481 e. The van der Waals surface area contributed by atoms with Crippen molar-refractivity contribution in [2.45, 2.75) is 19.4 Å². The first-order chi connectivity index (χ1) is 10.6. The molecule has 0 saturated carbocycles. The van der Waals surface area contributed by atoms with Gasteiger partial charge in [-0.2, -0.15) is 0 Å². The van der Waals surface area contributed by atoms with Gasteiger partial charge in [-0.25, -0.2) is 0 Å². The van der Waals surface area contributed by atoms with E-state index in [1.54, 1.807) is 12.1 Å². The highest BCUT2D eigenvalue weighted by molar-refractivity contribution is 6.30. The number of halogens is 1. The molecule has 0 aliphatic carbocycles. The van der Waals surface area contributed by atoms with E-state index in [9.17, 15) is 4.79 Å². The quantitative estimate of drug-likeness (QED) is 0.932. The molecule has 22 heavy (non-hydrogen) atoms. The van der Waals surface area contributed by atoms with Crippen molar-refractivity contribution in [3.05, 3.63) is 35.2 Å². The Kier molecular flexibility index (Phi) is 4.40. The van der Waals surface area contributed by atoms with E-state index < -0.39 is 5.97 Å². The Morgan fingerprint density at radius 2 is 2.32 bits per heavy atom. The number of hydrogen-bond donors (Lipinski definition) is 1. The van der Waals surface area contributed by atoms with E-state index in [1.807, 2.05) is 17.0 Å². The van der Waals surface area contributed by atoms with Crippen molar-refractivity contribution in [3.63, 3.8) is 0 Å². The van der Waals surface area contributed by atoms with Crippen LogP contribution in [0.15, 0.2) is 28.7 Å². The smallest absolute Gasteiger partial charge is 0.307 e. The molecule has 0 amide bonds. The normalized spacial score (nSPS) is 19.2. The largest absolute Gasteiger partial charge is 0.481 e. The van der Waals surface area contributed by atoms with Crippen LogP contribution in [-0.4, -0.2) is 39.3 Å². The fourth-order valence-corrected chi connectivity index (χ4v) is 2.84. The van der Waals surface area contributed by atoms with E-state index in [0.717, 1.165) is 24.9 Å². The zero-order chi connectivity index (χ0) is 15.5. The maximum atomic E-state index is 11.1. The second-order valence-electron chi connectivity index (χ2n) is 5.42. The summed E-state index contributed by atoms with van der Waals surface area (Å²) < 4.78 is 5.65. The average Bonchev–Trinajstić information content (AvgIpc) is 2.96. The van der Waals surface area contributed by atoms with Crippen molar-refractivity contribution >= 4 is 17.6 Å². The summed E-state index contributed by atoms with van der Waals surface area (Å²) in [6, 6.07) is 7.22. The third-order valence-electron chi connectivity index (χ3n) is 3.75. The summed E-state index contributed by atoms with van der Waals surface area (Å²) in [5, 5.41) is 17.8. The first-order valence-corrected chi connectivity index (χ1v) is 7.53. The van der Waals surface area contributed by atoms with Crippen molar-refractivity contribution in [1.29, 1.82) is 0 Å². The van der Waals surface area contributed by atoms with Gasteiger partial charge in [0.15, 0.2) is 0 Å². The second kappa shape index (κ2) is 6.46. The first kappa shape index (κ1) is 15.0. The highest BCUT2D eigenvalue weighted by Gasteiger charge is 2.26. The Labute approximate surface area is 132 Å². The minimum absolute atomic E-state index is 0.316. The number of nitrogens with zero attached hydrogens (tertiary/aromatic N) is 3. The molecular formula is C15H16ClN3O3. The number of aliphatic carboxylic acids is 1. The highest BCUT2D eigenvalue weighted by atomic mass is 35.5. The van der Waals surface area contributed by atoms with Gasteiger partial charge in [-0.1, -0.05) is 17.7 Å². The summed E-state index contributed by atoms with van der Waals surface area (Å²) in [5.41, 5.74) is 0.772. The van der Waals surface area contributed by atoms with Gasteiger partial charge in [-0.05, 0) is 37.6 Å². The predicted molar refractivity (Wildman–Crippen MR) is 80.4 cm³/mol. The lowest BCUT2D eigenvalue weighted by Crippen LogP contribution is -2.38. The summed E-state index contributed by atoms with van der Waals surface area (Å²) in [7, 11) is 0. The van der Waals surface area contributed by atoms with Gasteiger partial charge >= 0.3 is 5.97 Å². The van der Waals surface area contributed by atoms with Gasteiger partial charge in [0, 0.05) is 17.1 Å². The van der Waals surface area contributed by atoms with Crippen LogP contribution in [0.1, 0.15) is 18.7 Å². The molecule has 1 unspecified atom stereocenters.